The molecule has 2 nitrogen and oxygen atoms in total. The third kappa shape index (κ3) is 2.97. The minimum atomic E-state index is 0. The van der Waals surface area contributed by atoms with Crippen LogP contribution >= 0.6 is 0 Å². The molecule has 0 atom stereocenters. The van der Waals surface area contributed by atoms with Gasteiger partial charge in [-0.05, 0) is 29.0 Å². The zero-order chi connectivity index (χ0) is 14.1. The summed E-state index contributed by atoms with van der Waals surface area (Å²) in [4.78, 5) is 4.06. The topological polar surface area (TPSA) is 16.8 Å². The summed E-state index contributed by atoms with van der Waals surface area (Å²) in [6.45, 7) is 7.82. The van der Waals surface area contributed by atoms with Gasteiger partial charge in [0.1, 0.15) is 0 Å². The molecule has 0 saturated heterocycles. The maximum atomic E-state index is 5.71. The fourth-order valence-electron chi connectivity index (χ4n) is 2.55. The summed E-state index contributed by atoms with van der Waals surface area (Å²) in [5.74, 6) is 0. The maximum Gasteiger partial charge on any atom is 0.202 e. The largest absolute Gasteiger partial charge is 0.344 e. The fourth-order valence-corrected chi connectivity index (χ4v) is 2.55. The van der Waals surface area contributed by atoms with Gasteiger partial charge in [-0.2, -0.15) is 4.98 Å². The molecule has 3 rings (SSSR count). The minimum Gasteiger partial charge on any atom is -0.344 e. The van der Waals surface area contributed by atoms with Gasteiger partial charge >= 0.3 is 0 Å². The van der Waals surface area contributed by atoms with Gasteiger partial charge in [-0.1, -0.05) is 42.0 Å². The van der Waals surface area contributed by atoms with Crippen molar-refractivity contribution in [2.24, 2.45) is 7.05 Å². The van der Waals surface area contributed by atoms with E-state index in [1.807, 2.05) is 11.6 Å². The normalized spacial score (nSPS) is 10.2. The van der Waals surface area contributed by atoms with E-state index in [2.05, 4.69) is 54.5 Å². The van der Waals surface area contributed by atoms with Crippen molar-refractivity contribution in [3.8, 4) is 11.3 Å². The number of aryl methyl sites for hydroxylation is 2. The van der Waals surface area contributed by atoms with Gasteiger partial charge in [0.25, 0.3) is 0 Å². The van der Waals surface area contributed by atoms with Crippen molar-refractivity contribution in [1.29, 1.82) is 0 Å². The zero-order valence-electron chi connectivity index (χ0n) is 12.2. The number of fused-ring (bicyclic) bond motifs is 1. The van der Waals surface area contributed by atoms with Gasteiger partial charge in [0.05, 0.1) is 7.05 Å². The van der Waals surface area contributed by atoms with Crippen LogP contribution in [0.5, 0.6) is 0 Å². The van der Waals surface area contributed by atoms with Gasteiger partial charge in [0.15, 0.2) is 0 Å². The molecule has 1 heterocycles. The second-order valence-electron chi connectivity index (χ2n) is 4.91. The smallest absolute Gasteiger partial charge is 0.202 e. The first-order valence-corrected chi connectivity index (χ1v) is 6.51. The molecule has 0 fully saturated rings. The van der Waals surface area contributed by atoms with E-state index in [4.69, 9.17) is 6.58 Å². The van der Waals surface area contributed by atoms with Crippen LogP contribution in [-0.2, 0) is 39.8 Å². The molecule has 3 heteroatoms. The number of hydrogen-bond donors (Lipinski definition) is 0. The number of aromatic nitrogens is 2. The Morgan fingerprint density at radius 2 is 1.86 bits per heavy atom. The van der Waals surface area contributed by atoms with Gasteiger partial charge in [-0.3, -0.25) is 0 Å². The summed E-state index contributed by atoms with van der Waals surface area (Å²) in [6.07, 6.45) is 6.25. The summed E-state index contributed by atoms with van der Waals surface area (Å²) in [7, 11) is 1.97. The second-order valence-corrected chi connectivity index (χ2v) is 4.91. The van der Waals surface area contributed by atoms with E-state index in [-0.39, 0.29) is 32.7 Å². The Morgan fingerprint density at radius 1 is 1.19 bits per heavy atom. The van der Waals surface area contributed by atoms with Gasteiger partial charge in [0, 0.05) is 38.9 Å². The van der Waals surface area contributed by atoms with Crippen molar-refractivity contribution >= 4 is 16.8 Å². The van der Waals surface area contributed by atoms with Crippen LogP contribution in [0.2, 0.25) is 0 Å². The van der Waals surface area contributed by atoms with Gasteiger partial charge < -0.3 is 17.2 Å². The number of rotatable bonds is 2. The van der Waals surface area contributed by atoms with Crippen LogP contribution in [0.15, 0.2) is 42.7 Å². The van der Waals surface area contributed by atoms with Crippen molar-refractivity contribution in [2.75, 3.05) is 0 Å². The monoisotopic (exact) mass is 348 g/mol. The van der Waals surface area contributed by atoms with Crippen molar-refractivity contribution < 1.29 is 37.3 Å². The summed E-state index contributed by atoms with van der Waals surface area (Å²) >= 11 is 0. The molecular weight excluding hydrogens is 333 g/mol. The number of hydrogen-bond acceptors (Lipinski definition) is 1. The van der Waals surface area contributed by atoms with E-state index < -0.39 is 0 Å². The van der Waals surface area contributed by atoms with Crippen molar-refractivity contribution in [2.45, 2.75) is 6.92 Å². The van der Waals surface area contributed by atoms with Gasteiger partial charge in [-0.15, -0.1) is 0 Å². The van der Waals surface area contributed by atoms with Crippen LogP contribution < -0.4 is 4.57 Å². The minimum absolute atomic E-state index is 0. The van der Waals surface area contributed by atoms with Crippen molar-refractivity contribution in [3.05, 3.63) is 66.6 Å². The fraction of sp³-hybridized carbons (Fsp3) is 0.111. The van der Waals surface area contributed by atoms with Crippen molar-refractivity contribution in [1.82, 2.24) is 4.98 Å². The van der Waals surface area contributed by atoms with Crippen LogP contribution in [0.3, 0.4) is 0 Å². The van der Waals surface area contributed by atoms with E-state index in [0.717, 1.165) is 16.8 Å². The third-order valence-corrected chi connectivity index (χ3v) is 3.54. The van der Waals surface area contributed by atoms with Gasteiger partial charge in [0.2, 0.25) is 6.33 Å². The number of nitrogens with zero attached hydrogens (tertiary/aromatic N) is 2. The first-order chi connectivity index (χ1) is 9.70. The molecule has 0 amide bonds. The Bertz CT molecular complexity index is 809. The average Bonchev–Trinajstić information content (AvgIpc) is 2.46. The maximum absolute atomic E-state index is 5.71. The van der Waals surface area contributed by atoms with Crippen molar-refractivity contribution in [3.63, 3.8) is 0 Å². The molecular formula is C18H15N2Y-. The molecule has 1 aromatic heterocycles. The zero-order valence-corrected chi connectivity index (χ0v) is 15.0. The average molecular weight is 348 g/mol. The second kappa shape index (κ2) is 6.59. The SMILES string of the molecule is [CH-]=Cc1[c-]nc[n+](C)c1-c1cc2ccccc2cc1C.[Y]. The molecule has 2 aromatic carbocycles. The van der Waals surface area contributed by atoms with Crippen LogP contribution in [0.4, 0.5) is 0 Å². The molecule has 0 aliphatic carbocycles. The Morgan fingerprint density at radius 3 is 2.52 bits per heavy atom. The third-order valence-electron chi connectivity index (χ3n) is 3.54. The molecule has 1 radical (unpaired) electrons. The molecule has 0 N–H and O–H groups in total. The Hall–Kier alpha value is -1.38. The molecule has 0 saturated carbocycles. The quantitative estimate of drug-likeness (QED) is 0.513. The first-order valence-electron chi connectivity index (χ1n) is 6.51. The predicted molar refractivity (Wildman–Crippen MR) is 80.7 cm³/mol. The summed E-state index contributed by atoms with van der Waals surface area (Å²) in [6, 6.07) is 12.7. The van der Waals surface area contributed by atoms with Crippen LogP contribution in [-0.4, -0.2) is 4.98 Å². The van der Waals surface area contributed by atoms with E-state index in [0.29, 0.717) is 0 Å². The molecule has 0 spiro atoms. The van der Waals surface area contributed by atoms with Crippen LogP contribution in [0.25, 0.3) is 28.1 Å². The molecule has 21 heavy (non-hydrogen) atoms. The van der Waals surface area contributed by atoms with E-state index in [1.165, 1.54) is 16.3 Å². The van der Waals surface area contributed by atoms with E-state index >= 15 is 0 Å². The molecule has 0 bridgehead atoms. The Balaban J connectivity index is 0.00000161. The molecule has 0 aliphatic rings. The van der Waals surface area contributed by atoms with E-state index in [1.54, 1.807) is 12.4 Å². The van der Waals surface area contributed by atoms with Crippen LogP contribution in [0, 0.1) is 19.7 Å². The van der Waals surface area contributed by atoms with Crippen LogP contribution in [0.1, 0.15) is 11.1 Å². The van der Waals surface area contributed by atoms with Gasteiger partial charge in [-0.25, -0.2) is 5.56 Å². The Labute approximate surface area is 150 Å². The summed E-state index contributed by atoms with van der Waals surface area (Å²) in [5, 5.41) is 2.46. The Kier molecular flexibility index (Phi) is 5.02. The first kappa shape index (κ1) is 16.0. The standard InChI is InChI=1S/C18H15N2.Y/c1-4-14-11-19-12-20(3)18(14)17-10-16-8-6-5-7-15(16)9-13(17)2;/h1,4-10,12H,2-3H3;/q-1;. The number of benzene rings is 2. The molecule has 3 aromatic rings. The predicted octanol–water partition coefficient (Wildman–Crippen LogP) is 3.28. The summed E-state index contributed by atoms with van der Waals surface area (Å²) < 4.78 is 1.98. The molecule has 101 valence electrons. The molecule has 0 unspecified atom stereocenters. The van der Waals surface area contributed by atoms with E-state index in [9.17, 15) is 0 Å². The summed E-state index contributed by atoms with van der Waals surface area (Å²) in [5.41, 5.74) is 4.21. The molecule has 0 aliphatic heterocycles.